The third-order valence-corrected chi connectivity index (χ3v) is 3.71. The van der Waals surface area contributed by atoms with Crippen molar-refractivity contribution < 1.29 is 22.7 Å². The van der Waals surface area contributed by atoms with E-state index in [0.29, 0.717) is 22.7 Å². The van der Waals surface area contributed by atoms with Gasteiger partial charge in [0.2, 0.25) is 0 Å². The number of benzene rings is 1. The molecule has 2 heterocycles. The Bertz CT molecular complexity index is 900. The van der Waals surface area contributed by atoms with Gasteiger partial charge in [-0.05, 0) is 18.6 Å². The van der Waals surface area contributed by atoms with E-state index in [1.807, 2.05) is 6.92 Å². The molecule has 0 aliphatic heterocycles. The number of aromatic amines is 1. The summed E-state index contributed by atoms with van der Waals surface area (Å²) in [5.74, 6) is -0.846. The second-order valence-electron chi connectivity index (χ2n) is 5.44. The van der Waals surface area contributed by atoms with Gasteiger partial charge in [-0.15, -0.1) is 0 Å². The fourth-order valence-electron chi connectivity index (χ4n) is 2.54. The molecule has 0 spiro atoms. The van der Waals surface area contributed by atoms with Gasteiger partial charge in [0.15, 0.2) is 5.69 Å². The number of aromatic nitrogens is 2. The minimum absolute atomic E-state index is 0.131. The minimum Gasteiger partial charge on any atom is -0.461 e. The molecule has 3 rings (SSSR count). The number of H-pyrrole nitrogens is 1. The summed E-state index contributed by atoms with van der Waals surface area (Å²) in [6.07, 6.45) is -3.22. The fourth-order valence-corrected chi connectivity index (χ4v) is 2.54. The van der Waals surface area contributed by atoms with E-state index in [4.69, 9.17) is 4.74 Å². The predicted octanol–water partition coefficient (Wildman–Crippen LogP) is 4.69. The van der Waals surface area contributed by atoms with Gasteiger partial charge in [-0.2, -0.15) is 13.2 Å². The molecule has 126 valence electrons. The van der Waals surface area contributed by atoms with E-state index in [9.17, 15) is 18.0 Å². The number of carbonyl (C=O) groups is 1. The molecule has 0 amide bonds. The molecule has 0 bridgehead atoms. The van der Waals surface area contributed by atoms with Crippen molar-refractivity contribution in [2.75, 3.05) is 6.61 Å². The number of nitrogens with zero attached hydrogens (tertiary/aromatic N) is 1. The molecule has 4 nitrogen and oxygen atoms in total. The Balaban J connectivity index is 2.17. The molecule has 0 saturated carbocycles. The van der Waals surface area contributed by atoms with Gasteiger partial charge in [0.1, 0.15) is 5.69 Å². The molecule has 2 aromatic heterocycles. The highest BCUT2D eigenvalue weighted by Gasteiger charge is 2.37. The SMILES string of the molecule is CCCCOC(=O)c1cc2c([nH]c3ccccc32)c(C(F)(F)F)n1. The summed E-state index contributed by atoms with van der Waals surface area (Å²) >= 11 is 0. The molecule has 1 N–H and O–H groups in total. The molecule has 0 fully saturated rings. The van der Waals surface area contributed by atoms with E-state index in [2.05, 4.69) is 9.97 Å². The molecule has 0 radical (unpaired) electrons. The van der Waals surface area contributed by atoms with Crippen molar-refractivity contribution in [2.45, 2.75) is 25.9 Å². The summed E-state index contributed by atoms with van der Waals surface area (Å²) < 4.78 is 45.1. The number of hydrogen-bond acceptors (Lipinski definition) is 3. The first-order valence-corrected chi connectivity index (χ1v) is 7.57. The third-order valence-electron chi connectivity index (χ3n) is 3.71. The van der Waals surface area contributed by atoms with E-state index in [0.717, 1.165) is 6.42 Å². The lowest BCUT2D eigenvalue weighted by atomic mass is 10.1. The highest BCUT2D eigenvalue weighted by Crippen LogP contribution is 2.36. The maximum Gasteiger partial charge on any atom is 0.435 e. The average molecular weight is 336 g/mol. The number of halogens is 3. The van der Waals surface area contributed by atoms with Crippen LogP contribution in [0.3, 0.4) is 0 Å². The van der Waals surface area contributed by atoms with Crippen LogP contribution in [-0.2, 0) is 10.9 Å². The Morgan fingerprint density at radius 3 is 2.71 bits per heavy atom. The van der Waals surface area contributed by atoms with Crippen LogP contribution in [-0.4, -0.2) is 22.5 Å². The number of fused-ring (bicyclic) bond motifs is 3. The second kappa shape index (κ2) is 6.14. The Kier molecular flexibility index (Phi) is 4.17. The maximum absolute atomic E-state index is 13.4. The van der Waals surface area contributed by atoms with Gasteiger partial charge in [-0.1, -0.05) is 31.5 Å². The van der Waals surface area contributed by atoms with E-state index >= 15 is 0 Å². The lowest BCUT2D eigenvalue weighted by Gasteiger charge is -2.10. The molecular formula is C17H15F3N2O2. The number of nitrogens with one attached hydrogen (secondary N) is 1. The van der Waals surface area contributed by atoms with Gasteiger partial charge in [0.05, 0.1) is 12.1 Å². The summed E-state index contributed by atoms with van der Waals surface area (Å²) in [6.45, 7) is 2.08. The van der Waals surface area contributed by atoms with Crippen molar-refractivity contribution in [3.05, 3.63) is 41.7 Å². The van der Waals surface area contributed by atoms with Crippen molar-refractivity contribution in [1.29, 1.82) is 0 Å². The average Bonchev–Trinajstić information content (AvgIpc) is 2.91. The fraction of sp³-hybridized carbons (Fsp3) is 0.294. The van der Waals surface area contributed by atoms with E-state index < -0.39 is 17.8 Å². The van der Waals surface area contributed by atoms with Crippen molar-refractivity contribution >= 4 is 27.8 Å². The number of esters is 1. The number of rotatable bonds is 4. The van der Waals surface area contributed by atoms with Crippen LogP contribution in [0.15, 0.2) is 30.3 Å². The zero-order valence-electron chi connectivity index (χ0n) is 12.9. The Labute approximate surface area is 135 Å². The van der Waals surface area contributed by atoms with E-state index in [1.54, 1.807) is 24.3 Å². The van der Waals surface area contributed by atoms with Crippen LogP contribution in [0.2, 0.25) is 0 Å². The van der Waals surface area contributed by atoms with Crippen molar-refractivity contribution in [3.63, 3.8) is 0 Å². The first kappa shape index (κ1) is 16.3. The van der Waals surface area contributed by atoms with E-state index in [1.165, 1.54) is 6.07 Å². The van der Waals surface area contributed by atoms with Gasteiger partial charge in [0.25, 0.3) is 0 Å². The van der Waals surface area contributed by atoms with Gasteiger partial charge < -0.3 is 9.72 Å². The lowest BCUT2D eigenvalue weighted by molar-refractivity contribution is -0.139. The normalized spacial score (nSPS) is 12.0. The number of pyridine rings is 1. The number of carbonyl (C=O) groups excluding carboxylic acids is 1. The molecule has 0 aliphatic rings. The molecule has 1 aromatic carbocycles. The zero-order valence-corrected chi connectivity index (χ0v) is 12.9. The monoisotopic (exact) mass is 336 g/mol. The largest absolute Gasteiger partial charge is 0.461 e. The first-order valence-electron chi connectivity index (χ1n) is 7.57. The number of alkyl halides is 3. The molecule has 0 aliphatic carbocycles. The van der Waals surface area contributed by atoms with Crippen molar-refractivity contribution in [1.82, 2.24) is 9.97 Å². The second-order valence-corrected chi connectivity index (χ2v) is 5.44. The van der Waals surface area contributed by atoms with Crippen LogP contribution in [0, 0.1) is 0 Å². The van der Waals surface area contributed by atoms with Gasteiger partial charge in [-0.25, -0.2) is 9.78 Å². The summed E-state index contributed by atoms with van der Waals surface area (Å²) in [5, 5.41) is 0.901. The van der Waals surface area contributed by atoms with Gasteiger partial charge >= 0.3 is 12.1 Å². The number of hydrogen-bond donors (Lipinski definition) is 1. The molecule has 0 atom stereocenters. The van der Waals surface area contributed by atoms with Crippen LogP contribution in [0.5, 0.6) is 0 Å². The summed E-state index contributed by atoms with van der Waals surface area (Å²) in [7, 11) is 0. The highest BCUT2D eigenvalue weighted by atomic mass is 19.4. The highest BCUT2D eigenvalue weighted by molar-refractivity contribution is 6.09. The summed E-state index contributed by atoms with van der Waals surface area (Å²) in [6, 6.07) is 8.16. The summed E-state index contributed by atoms with van der Waals surface area (Å²) in [4.78, 5) is 18.3. The standard InChI is InChI=1S/C17H15F3N2O2/c1-2-3-8-24-16(23)13-9-11-10-6-4-5-7-12(10)21-14(11)15(22-13)17(18,19)20/h4-7,9,21H,2-3,8H2,1H3. The molecule has 24 heavy (non-hydrogen) atoms. The van der Waals surface area contributed by atoms with Crippen LogP contribution < -0.4 is 0 Å². The smallest absolute Gasteiger partial charge is 0.435 e. The van der Waals surface area contributed by atoms with Crippen molar-refractivity contribution in [2.24, 2.45) is 0 Å². The van der Waals surface area contributed by atoms with E-state index in [-0.39, 0.29) is 17.8 Å². The van der Waals surface area contributed by atoms with Crippen LogP contribution in [0.4, 0.5) is 13.2 Å². The quantitative estimate of drug-likeness (QED) is 0.555. The Morgan fingerprint density at radius 1 is 1.25 bits per heavy atom. The topological polar surface area (TPSA) is 55.0 Å². The van der Waals surface area contributed by atoms with Gasteiger partial charge in [0, 0.05) is 16.3 Å². The number of ether oxygens (including phenoxy) is 1. The third kappa shape index (κ3) is 2.93. The zero-order chi connectivity index (χ0) is 17.3. The first-order chi connectivity index (χ1) is 11.4. The van der Waals surface area contributed by atoms with Crippen LogP contribution >= 0.6 is 0 Å². The molecular weight excluding hydrogens is 321 g/mol. The molecule has 7 heteroatoms. The molecule has 0 unspecified atom stereocenters. The van der Waals surface area contributed by atoms with Crippen molar-refractivity contribution in [3.8, 4) is 0 Å². The predicted molar refractivity (Wildman–Crippen MR) is 83.8 cm³/mol. The Morgan fingerprint density at radius 2 is 2.00 bits per heavy atom. The van der Waals surface area contributed by atoms with Gasteiger partial charge in [-0.3, -0.25) is 0 Å². The van der Waals surface area contributed by atoms with Crippen LogP contribution in [0.1, 0.15) is 35.9 Å². The molecule has 0 saturated heterocycles. The number of para-hydroxylation sites is 1. The Hall–Kier alpha value is -2.57. The lowest BCUT2D eigenvalue weighted by Crippen LogP contribution is -2.15. The number of unbranched alkanes of at least 4 members (excludes halogenated alkanes) is 1. The minimum atomic E-state index is -4.68. The van der Waals surface area contributed by atoms with Crippen LogP contribution in [0.25, 0.3) is 21.8 Å². The molecule has 3 aromatic rings. The maximum atomic E-state index is 13.4. The summed E-state index contributed by atoms with van der Waals surface area (Å²) in [5.41, 5.74) is -1.03.